The molecule has 1 heterocycles. The predicted octanol–water partition coefficient (Wildman–Crippen LogP) is -0.266. The molecule has 0 amide bonds. The van der Waals surface area contributed by atoms with Gasteiger partial charge in [-0.1, -0.05) is 0 Å². The van der Waals surface area contributed by atoms with Crippen LogP contribution < -0.4 is 17.0 Å². The normalized spacial score (nSPS) is 20.3. The highest BCUT2D eigenvalue weighted by atomic mass is 15.3. The maximum atomic E-state index is 5.76. The van der Waals surface area contributed by atoms with Gasteiger partial charge in [0.1, 0.15) is 0 Å². The largest absolute Gasteiger partial charge is 0.401 e. The molecule has 4 nitrogen and oxygen atoms in total. The van der Waals surface area contributed by atoms with Crippen molar-refractivity contribution in [3.05, 3.63) is 11.4 Å². The molecule has 0 aromatic carbocycles. The van der Waals surface area contributed by atoms with Crippen LogP contribution in [0.25, 0.3) is 0 Å². The average Bonchev–Trinajstić information content (AvgIpc) is 2.05. The topological polar surface area (TPSA) is 67.3 Å². The lowest BCUT2D eigenvalue weighted by Gasteiger charge is -2.32. The molecule has 0 spiro atoms. The molecule has 0 bridgehead atoms. The molecule has 1 aliphatic heterocycles. The summed E-state index contributed by atoms with van der Waals surface area (Å²) in [5.41, 5.74) is 10.3. The van der Waals surface area contributed by atoms with Gasteiger partial charge in [0.25, 0.3) is 0 Å². The van der Waals surface area contributed by atoms with Crippen molar-refractivity contribution in [3.63, 3.8) is 0 Å². The van der Waals surface area contributed by atoms with Crippen molar-refractivity contribution in [1.29, 1.82) is 0 Å². The predicted molar refractivity (Wildman–Crippen MR) is 49.9 cm³/mol. The summed E-state index contributed by atoms with van der Waals surface area (Å²) in [7, 11) is 0. The van der Waals surface area contributed by atoms with Crippen molar-refractivity contribution < 1.29 is 0 Å². The fourth-order valence-corrected chi connectivity index (χ4v) is 1.38. The van der Waals surface area contributed by atoms with Gasteiger partial charge in [0.2, 0.25) is 0 Å². The molecule has 0 unspecified atom stereocenters. The monoisotopic (exact) mass is 170 g/mol. The molecule has 1 rings (SSSR count). The first kappa shape index (κ1) is 9.35. The zero-order valence-corrected chi connectivity index (χ0v) is 7.80. The highest BCUT2D eigenvalue weighted by Gasteiger charge is 2.18. The van der Waals surface area contributed by atoms with Crippen LogP contribution in [0.5, 0.6) is 0 Å². The minimum Gasteiger partial charge on any atom is -0.401 e. The van der Waals surface area contributed by atoms with Gasteiger partial charge in [-0.05, 0) is 13.8 Å². The summed E-state index contributed by atoms with van der Waals surface area (Å²) < 4.78 is 0. The van der Waals surface area contributed by atoms with Gasteiger partial charge in [0.05, 0.1) is 5.70 Å². The quantitative estimate of drug-likeness (QED) is 0.394. The van der Waals surface area contributed by atoms with Crippen LogP contribution >= 0.6 is 0 Å². The summed E-state index contributed by atoms with van der Waals surface area (Å²) >= 11 is 0. The number of rotatable bonds is 2. The molecule has 0 aromatic rings. The van der Waals surface area contributed by atoms with Crippen LogP contribution in [0.4, 0.5) is 0 Å². The molecule has 5 N–H and O–H groups in total. The van der Waals surface area contributed by atoms with E-state index in [2.05, 4.69) is 24.2 Å². The Morgan fingerprint density at radius 3 is 2.67 bits per heavy atom. The molecule has 0 aliphatic carbocycles. The Labute approximate surface area is 73.6 Å². The van der Waals surface area contributed by atoms with E-state index in [0.717, 1.165) is 30.9 Å². The van der Waals surface area contributed by atoms with Crippen LogP contribution in [-0.2, 0) is 0 Å². The molecule has 0 aromatic heterocycles. The third-order valence-corrected chi connectivity index (χ3v) is 2.32. The van der Waals surface area contributed by atoms with E-state index in [1.54, 1.807) is 0 Å². The first-order chi connectivity index (χ1) is 5.65. The Morgan fingerprint density at radius 2 is 2.17 bits per heavy atom. The average molecular weight is 170 g/mol. The number of hydrogen-bond acceptors (Lipinski definition) is 4. The van der Waals surface area contributed by atoms with Gasteiger partial charge in [-0.15, -0.1) is 0 Å². The number of hydrogen-bond donors (Lipinski definition) is 3. The highest BCUT2D eigenvalue weighted by molar-refractivity contribution is 5.14. The number of nitrogens with zero attached hydrogens (tertiary/aromatic N) is 1. The van der Waals surface area contributed by atoms with Crippen molar-refractivity contribution in [3.8, 4) is 0 Å². The third kappa shape index (κ3) is 1.89. The lowest BCUT2D eigenvalue weighted by atomic mass is 10.1. The second kappa shape index (κ2) is 3.78. The number of nitrogens with one attached hydrogen (secondary N) is 1. The fraction of sp³-hybridized carbons (Fsp3) is 0.750. The van der Waals surface area contributed by atoms with Crippen molar-refractivity contribution in [2.24, 2.45) is 11.6 Å². The van der Waals surface area contributed by atoms with Crippen LogP contribution in [0.3, 0.4) is 0 Å². The molecular weight excluding hydrogens is 152 g/mol. The molecule has 0 fully saturated rings. The van der Waals surface area contributed by atoms with E-state index in [0.29, 0.717) is 6.04 Å². The van der Waals surface area contributed by atoms with Gasteiger partial charge in [-0.2, -0.15) is 0 Å². The summed E-state index contributed by atoms with van der Waals surface area (Å²) in [6.45, 7) is 6.24. The van der Waals surface area contributed by atoms with Gasteiger partial charge < -0.3 is 11.2 Å². The summed E-state index contributed by atoms with van der Waals surface area (Å²) in [6, 6.07) is 0.557. The maximum absolute atomic E-state index is 5.76. The number of nitrogens with two attached hydrogens (primary N) is 2. The molecule has 1 aliphatic rings. The Kier molecular flexibility index (Phi) is 2.94. The van der Waals surface area contributed by atoms with Gasteiger partial charge in [0, 0.05) is 31.2 Å². The minimum absolute atomic E-state index is 0.557. The van der Waals surface area contributed by atoms with E-state index in [-0.39, 0.29) is 0 Å². The Hall–Kier alpha value is -0.740. The van der Waals surface area contributed by atoms with E-state index in [1.807, 2.05) is 0 Å². The third-order valence-electron chi connectivity index (χ3n) is 2.32. The van der Waals surface area contributed by atoms with Crippen LogP contribution in [-0.4, -0.2) is 24.0 Å². The second-order valence-electron chi connectivity index (χ2n) is 3.46. The lowest BCUT2D eigenvalue weighted by molar-refractivity contribution is 0.226. The molecule has 0 radical (unpaired) electrons. The Balaban J connectivity index is 2.61. The van der Waals surface area contributed by atoms with Crippen molar-refractivity contribution in [2.45, 2.75) is 26.3 Å². The van der Waals surface area contributed by atoms with Crippen molar-refractivity contribution in [2.75, 3.05) is 13.1 Å². The summed E-state index contributed by atoms with van der Waals surface area (Å²) in [5.74, 6) is 5.34. The van der Waals surface area contributed by atoms with E-state index < -0.39 is 0 Å². The van der Waals surface area contributed by atoms with E-state index in [1.165, 1.54) is 0 Å². The van der Waals surface area contributed by atoms with Gasteiger partial charge >= 0.3 is 0 Å². The number of hydrazine groups is 1. The van der Waals surface area contributed by atoms with Crippen molar-refractivity contribution in [1.82, 2.24) is 10.3 Å². The van der Waals surface area contributed by atoms with Crippen LogP contribution in [0.2, 0.25) is 0 Å². The van der Waals surface area contributed by atoms with E-state index >= 15 is 0 Å². The van der Waals surface area contributed by atoms with Crippen LogP contribution in [0.15, 0.2) is 11.4 Å². The molecule has 0 saturated carbocycles. The van der Waals surface area contributed by atoms with E-state index in [9.17, 15) is 0 Å². The van der Waals surface area contributed by atoms with Crippen LogP contribution in [0, 0.1) is 0 Å². The van der Waals surface area contributed by atoms with E-state index in [4.69, 9.17) is 11.6 Å². The molecule has 0 saturated heterocycles. The lowest BCUT2D eigenvalue weighted by Crippen LogP contribution is -2.43. The molecule has 12 heavy (non-hydrogen) atoms. The van der Waals surface area contributed by atoms with Crippen molar-refractivity contribution >= 4 is 0 Å². The molecule has 70 valence electrons. The minimum atomic E-state index is 0.557. The van der Waals surface area contributed by atoms with Gasteiger partial charge in [0.15, 0.2) is 0 Å². The summed E-state index contributed by atoms with van der Waals surface area (Å²) in [4.78, 5) is 2.34. The second-order valence-corrected chi connectivity index (χ2v) is 3.46. The molecular formula is C8H18N4. The Morgan fingerprint density at radius 1 is 1.50 bits per heavy atom. The molecule has 0 atom stereocenters. The first-order valence-electron chi connectivity index (χ1n) is 4.33. The fourth-order valence-electron chi connectivity index (χ4n) is 1.38. The first-order valence-corrected chi connectivity index (χ1v) is 4.33. The maximum Gasteiger partial charge on any atom is 0.0587 e. The van der Waals surface area contributed by atoms with Crippen LogP contribution in [0.1, 0.15) is 20.3 Å². The smallest absolute Gasteiger partial charge is 0.0587 e. The van der Waals surface area contributed by atoms with Gasteiger partial charge in [-0.3, -0.25) is 10.7 Å². The Bertz CT molecular complexity index is 185. The standard InChI is InChI=1S/C8H18N4/c1-6(2)12-4-3-7(9)8(5-12)11-10/h6,11H,3-5,9-10H2,1-2H3. The summed E-state index contributed by atoms with van der Waals surface area (Å²) in [5, 5.41) is 0. The SMILES string of the molecule is CC(C)N1CCC(N)=C(NN)C1. The zero-order chi connectivity index (χ0) is 9.14. The van der Waals surface area contributed by atoms with Gasteiger partial charge in [-0.25, -0.2) is 0 Å². The molecule has 4 heteroatoms. The highest BCUT2D eigenvalue weighted by Crippen LogP contribution is 2.13. The summed E-state index contributed by atoms with van der Waals surface area (Å²) in [6.07, 6.45) is 0.914. The zero-order valence-electron chi connectivity index (χ0n) is 7.80.